The number of amides is 2. The number of carbonyl (C=O) groups is 2. The smallest absolute Gasteiger partial charge is 0.387 e. The summed E-state index contributed by atoms with van der Waals surface area (Å²) in [5, 5.41) is 11.1. The molecule has 3 heterocycles. The summed E-state index contributed by atoms with van der Waals surface area (Å²) in [4.78, 5) is 41.5. The number of carbonyl (C=O) groups excluding carboxylic acids is 2. The van der Waals surface area contributed by atoms with Crippen LogP contribution in [0.25, 0.3) is 22.5 Å². The Morgan fingerprint density at radius 2 is 1.80 bits per heavy atom. The molecule has 5 rings (SSSR count). The van der Waals surface area contributed by atoms with Gasteiger partial charge in [-0.25, -0.2) is 23.5 Å². The predicted molar refractivity (Wildman–Crippen MR) is 140 cm³/mol. The topological polar surface area (TPSA) is 151 Å². The van der Waals surface area contributed by atoms with Crippen LogP contribution in [0.5, 0.6) is 5.75 Å². The molecule has 14 heteroatoms. The van der Waals surface area contributed by atoms with Crippen molar-refractivity contribution < 1.29 is 23.1 Å². The maximum atomic E-state index is 13.6. The number of fused-ring (bicyclic) bond motifs is 1. The number of anilines is 1. The molecule has 2 amide bonds. The number of alkyl halides is 2. The molecule has 0 bridgehead atoms. The van der Waals surface area contributed by atoms with E-state index in [0.717, 1.165) is 0 Å². The van der Waals surface area contributed by atoms with Crippen molar-refractivity contribution >= 4 is 23.0 Å². The van der Waals surface area contributed by atoms with Crippen molar-refractivity contribution in [3.63, 3.8) is 0 Å². The summed E-state index contributed by atoms with van der Waals surface area (Å²) < 4.78 is 35.9. The first-order chi connectivity index (χ1) is 19.0. The molecule has 204 valence electrons. The highest BCUT2D eigenvalue weighted by Crippen LogP contribution is 2.36. The summed E-state index contributed by atoms with van der Waals surface area (Å²) in [5.74, 6) is -1.33. The second-order valence-corrected chi connectivity index (χ2v) is 8.82. The van der Waals surface area contributed by atoms with Gasteiger partial charge in [-0.3, -0.25) is 9.59 Å². The fourth-order valence-corrected chi connectivity index (χ4v) is 4.31. The number of hydrogen-bond acceptors (Lipinski definition) is 7. The Bertz CT molecular complexity index is 1840. The van der Waals surface area contributed by atoms with Gasteiger partial charge in [-0.2, -0.15) is 19.0 Å². The Hall–Kier alpha value is -5.40. The minimum Gasteiger partial charge on any atom is -0.430 e. The third-order valence-electron chi connectivity index (χ3n) is 6.00. The number of nitrogens with zero attached hydrogens (tertiary/aromatic N) is 6. The van der Waals surface area contributed by atoms with Crippen molar-refractivity contribution in [2.24, 2.45) is 12.8 Å². The van der Waals surface area contributed by atoms with Crippen LogP contribution >= 0.6 is 0 Å². The highest BCUT2D eigenvalue weighted by Gasteiger charge is 2.26. The molecule has 0 unspecified atom stereocenters. The van der Waals surface area contributed by atoms with E-state index in [4.69, 9.17) is 10.5 Å². The third-order valence-corrected chi connectivity index (χ3v) is 6.00. The van der Waals surface area contributed by atoms with E-state index in [1.54, 1.807) is 38.1 Å². The van der Waals surface area contributed by atoms with Gasteiger partial charge in [-0.1, -0.05) is 18.2 Å². The zero-order valence-corrected chi connectivity index (χ0v) is 21.4. The van der Waals surface area contributed by atoms with Crippen LogP contribution in [0.3, 0.4) is 0 Å². The largest absolute Gasteiger partial charge is 0.430 e. The van der Waals surface area contributed by atoms with Gasteiger partial charge in [0.1, 0.15) is 17.0 Å². The van der Waals surface area contributed by atoms with Crippen molar-refractivity contribution in [3.05, 3.63) is 88.0 Å². The number of ether oxygens (including phenoxy) is 1. The SMILES string of the molecule is Cc1cn2nc(-c3ccc(-n4c(C)nn(C)c4=O)cc3)c(OC(F)F)c2c(C(=O)Nc2cccc(C(N)=O)c2)n1. The fraction of sp³-hybridized carbons (Fsp3) is 0.154. The van der Waals surface area contributed by atoms with E-state index >= 15 is 0 Å². The Labute approximate surface area is 224 Å². The van der Waals surface area contributed by atoms with Crippen molar-refractivity contribution in [2.45, 2.75) is 20.5 Å². The predicted octanol–water partition coefficient (Wildman–Crippen LogP) is 2.85. The molecule has 40 heavy (non-hydrogen) atoms. The van der Waals surface area contributed by atoms with E-state index in [9.17, 15) is 23.2 Å². The number of nitrogens with two attached hydrogens (primary N) is 1. The number of primary amides is 1. The Morgan fingerprint density at radius 1 is 1.07 bits per heavy atom. The zero-order valence-electron chi connectivity index (χ0n) is 21.4. The van der Waals surface area contributed by atoms with Crippen molar-refractivity contribution in [1.82, 2.24) is 28.9 Å². The summed E-state index contributed by atoms with van der Waals surface area (Å²) in [5.41, 5.74) is 6.36. The van der Waals surface area contributed by atoms with Gasteiger partial charge >= 0.3 is 12.3 Å². The molecular formula is C26H22F2N8O4. The molecule has 5 aromatic rings. The van der Waals surface area contributed by atoms with Crippen LogP contribution in [0.4, 0.5) is 14.5 Å². The zero-order chi connectivity index (χ0) is 28.7. The highest BCUT2D eigenvalue weighted by atomic mass is 19.3. The first-order valence-corrected chi connectivity index (χ1v) is 11.8. The first kappa shape index (κ1) is 26.2. The van der Waals surface area contributed by atoms with Crippen LogP contribution in [0, 0.1) is 13.8 Å². The number of benzene rings is 2. The minimum atomic E-state index is -3.23. The molecule has 0 aliphatic heterocycles. The summed E-state index contributed by atoms with van der Waals surface area (Å²) in [6.45, 7) is 0.0619. The van der Waals surface area contributed by atoms with E-state index in [1.165, 1.54) is 51.3 Å². The number of rotatable bonds is 7. The van der Waals surface area contributed by atoms with Crippen molar-refractivity contribution in [1.29, 1.82) is 0 Å². The Morgan fingerprint density at radius 3 is 2.42 bits per heavy atom. The fourth-order valence-electron chi connectivity index (χ4n) is 4.31. The second kappa shape index (κ2) is 10.1. The highest BCUT2D eigenvalue weighted by molar-refractivity contribution is 6.09. The van der Waals surface area contributed by atoms with Gasteiger partial charge in [0.05, 0.1) is 17.6 Å². The van der Waals surface area contributed by atoms with E-state index in [1.807, 2.05) is 0 Å². The first-order valence-electron chi connectivity index (χ1n) is 11.8. The Balaban J connectivity index is 1.61. The lowest BCUT2D eigenvalue weighted by Crippen LogP contribution is -2.21. The standard InChI is InChI=1S/C26H22F2N8O4/c1-13-12-35-21(20(30-13)24(38)31-17-6-4-5-16(11-17)23(29)37)22(40-25(27)28)19(33-35)15-7-9-18(10-8-15)36-14(2)32-34(3)26(36)39/h4-12,25H,1-3H3,(H2,29,37)(H,31,38). The molecule has 0 aliphatic carbocycles. The molecule has 0 saturated carbocycles. The third kappa shape index (κ3) is 4.77. The molecule has 0 atom stereocenters. The molecule has 0 aliphatic rings. The van der Waals surface area contributed by atoms with Gasteiger partial charge in [-0.15, -0.1) is 0 Å². The van der Waals surface area contributed by atoms with E-state index in [2.05, 4.69) is 20.5 Å². The van der Waals surface area contributed by atoms with E-state index in [0.29, 0.717) is 22.8 Å². The van der Waals surface area contributed by atoms with Crippen LogP contribution in [0.2, 0.25) is 0 Å². The van der Waals surface area contributed by atoms with Crippen LogP contribution in [0.15, 0.2) is 59.5 Å². The van der Waals surface area contributed by atoms with Gasteiger partial charge < -0.3 is 15.8 Å². The molecular weight excluding hydrogens is 526 g/mol. The van der Waals surface area contributed by atoms with Gasteiger partial charge in [0.25, 0.3) is 5.91 Å². The molecule has 0 saturated heterocycles. The molecule has 2 aromatic carbocycles. The van der Waals surface area contributed by atoms with Crippen molar-refractivity contribution in [3.8, 4) is 22.7 Å². The van der Waals surface area contributed by atoms with Crippen molar-refractivity contribution in [2.75, 3.05) is 5.32 Å². The van der Waals surface area contributed by atoms with Crippen LogP contribution in [-0.2, 0) is 7.05 Å². The minimum absolute atomic E-state index is 0.0271. The normalized spacial score (nSPS) is 11.2. The summed E-state index contributed by atoms with van der Waals surface area (Å²) in [6.07, 6.45) is 1.47. The summed E-state index contributed by atoms with van der Waals surface area (Å²) in [6, 6.07) is 12.3. The maximum Gasteiger partial charge on any atom is 0.387 e. The van der Waals surface area contributed by atoms with Gasteiger partial charge in [0.15, 0.2) is 11.4 Å². The number of aromatic nitrogens is 6. The molecule has 0 radical (unpaired) electrons. The quantitative estimate of drug-likeness (QED) is 0.317. The van der Waals surface area contributed by atoms with E-state index in [-0.39, 0.29) is 39.6 Å². The lowest BCUT2D eigenvalue weighted by Gasteiger charge is -2.10. The molecule has 0 spiro atoms. The lowest BCUT2D eigenvalue weighted by molar-refractivity contribution is -0.0485. The van der Waals surface area contributed by atoms with Gasteiger partial charge in [-0.05, 0) is 44.2 Å². The monoisotopic (exact) mass is 548 g/mol. The van der Waals surface area contributed by atoms with Crippen LogP contribution in [-0.4, -0.2) is 47.4 Å². The maximum absolute atomic E-state index is 13.6. The molecule has 12 nitrogen and oxygen atoms in total. The number of nitrogens with one attached hydrogen (secondary N) is 1. The lowest BCUT2D eigenvalue weighted by atomic mass is 10.1. The molecule has 3 aromatic heterocycles. The van der Waals surface area contributed by atoms with Crippen LogP contribution in [0.1, 0.15) is 32.4 Å². The van der Waals surface area contributed by atoms with Gasteiger partial charge in [0, 0.05) is 23.9 Å². The Kier molecular flexibility index (Phi) is 6.59. The average molecular weight is 549 g/mol. The van der Waals surface area contributed by atoms with Crippen LogP contribution < -0.4 is 21.5 Å². The van der Waals surface area contributed by atoms with E-state index < -0.39 is 18.4 Å². The summed E-state index contributed by atoms with van der Waals surface area (Å²) >= 11 is 0. The molecule has 3 N–H and O–H groups in total. The number of halogens is 2. The molecule has 0 fully saturated rings. The van der Waals surface area contributed by atoms with Gasteiger partial charge in [0.2, 0.25) is 5.91 Å². The average Bonchev–Trinajstić information content (AvgIpc) is 3.38. The summed E-state index contributed by atoms with van der Waals surface area (Å²) in [7, 11) is 1.53. The second-order valence-electron chi connectivity index (χ2n) is 8.82. The number of aryl methyl sites for hydroxylation is 3. The number of hydrogen-bond donors (Lipinski definition) is 2.